The number of alkyl halides is 3. The maximum Gasteiger partial charge on any atom is 0.416 e. The summed E-state index contributed by atoms with van der Waals surface area (Å²) in [7, 11) is 1.59. The van der Waals surface area contributed by atoms with Gasteiger partial charge in [0.05, 0.1) is 5.56 Å². The van der Waals surface area contributed by atoms with Crippen LogP contribution in [0.2, 0.25) is 0 Å². The highest BCUT2D eigenvalue weighted by molar-refractivity contribution is 5.94. The first-order valence-corrected chi connectivity index (χ1v) is 9.79. The van der Waals surface area contributed by atoms with Crippen LogP contribution in [0.4, 0.5) is 18.0 Å². The van der Waals surface area contributed by atoms with Gasteiger partial charge in [0.2, 0.25) is 0 Å². The number of piperidine rings is 1. The summed E-state index contributed by atoms with van der Waals surface area (Å²) in [6.45, 7) is 1.03. The zero-order chi connectivity index (χ0) is 21.7. The molecule has 1 saturated heterocycles. The van der Waals surface area contributed by atoms with Gasteiger partial charge in [-0.15, -0.1) is 0 Å². The SMILES string of the molecule is CNC(=O)N1CCC[C@@H](c2cccc(C(=O)NCc3ccccc3C(F)(F)F)c2)C1. The molecule has 0 bridgehead atoms. The third-order valence-corrected chi connectivity index (χ3v) is 5.30. The lowest BCUT2D eigenvalue weighted by atomic mass is 9.89. The number of nitrogens with zero attached hydrogens (tertiary/aromatic N) is 1. The van der Waals surface area contributed by atoms with Crippen molar-refractivity contribution in [2.24, 2.45) is 0 Å². The summed E-state index contributed by atoms with van der Waals surface area (Å²) in [5.74, 6) is -0.331. The van der Waals surface area contributed by atoms with Gasteiger partial charge in [-0.1, -0.05) is 30.3 Å². The fourth-order valence-corrected chi connectivity index (χ4v) is 3.75. The van der Waals surface area contributed by atoms with Crippen molar-refractivity contribution >= 4 is 11.9 Å². The number of rotatable bonds is 4. The first-order chi connectivity index (χ1) is 14.3. The van der Waals surface area contributed by atoms with Gasteiger partial charge in [0, 0.05) is 38.2 Å². The van der Waals surface area contributed by atoms with E-state index in [1.54, 1.807) is 30.1 Å². The zero-order valence-corrected chi connectivity index (χ0v) is 16.6. The van der Waals surface area contributed by atoms with Crippen LogP contribution in [-0.4, -0.2) is 37.0 Å². The predicted molar refractivity (Wildman–Crippen MR) is 107 cm³/mol. The summed E-state index contributed by atoms with van der Waals surface area (Å²) in [5.41, 5.74) is 0.583. The molecule has 160 valence electrons. The largest absolute Gasteiger partial charge is 0.416 e. The van der Waals surface area contributed by atoms with Crippen molar-refractivity contribution in [2.75, 3.05) is 20.1 Å². The predicted octanol–water partition coefficient (Wildman–Crippen LogP) is 4.15. The number of carbonyl (C=O) groups is 2. The fourth-order valence-electron chi connectivity index (χ4n) is 3.75. The molecule has 3 rings (SSSR count). The fraction of sp³-hybridized carbons (Fsp3) is 0.364. The minimum atomic E-state index is -4.47. The Bertz CT molecular complexity index is 914. The third-order valence-electron chi connectivity index (χ3n) is 5.30. The van der Waals surface area contributed by atoms with Crippen LogP contribution in [0, 0.1) is 0 Å². The number of likely N-dealkylation sites (tertiary alicyclic amines) is 1. The molecule has 30 heavy (non-hydrogen) atoms. The standard InChI is InChI=1S/C22H24F3N3O2/c1-26-21(30)28-11-5-9-18(14-28)15-7-4-8-16(12-15)20(29)27-13-17-6-2-3-10-19(17)22(23,24)25/h2-4,6-8,10,12,18H,5,9,11,13-14H2,1H3,(H,26,30)(H,27,29)/t18-/m1/s1. The second kappa shape index (κ2) is 9.19. The van der Waals surface area contributed by atoms with Crippen LogP contribution in [0.1, 0.15) is 45.8 Å². The van der Waals surface area contributed by atoms with E-state index in [2.05, 4.69) is 10.6 Å². The number of urea groups is 1. The molecule has 0 saturated carbocycles. The van der Waals surface area contributed by atoms with Crippen molar-refractivity contribution in [1.82, 2.24) is 15.5 Å². The molecule has 0 radical (unpaired) electrons. The molecule has 1 fully saturated rings. The monoisotopic (exact) mass is 419 g/mol. The Morgan fingerprint density at radius 1 is 1.13 bits per heavy atom. The second-order valence-electron chi connectivity index (χ2n) is 7.30. The Kier molecular flexibility index (Phi) is 6.64. The van der Waals surface area contributed by atoms with Crippen LogP contribution < -0.4 is 10.6 Å². The highest BCUT2D eigenvalue weighted by Gasteiger charge is 2.33. The van der Waals surface area contributed by atoms with Gasteiger partial charge in [-0.2, -0.15) is 13.2 Å². The summed E-state index contributed by atoms with van der Waals surface area (Å²) in [5, 5.41) is 5.21. The van der Waals surface area contributed by atoms with Gasteiger partial charge in [0.1, 0.15) is 0 Å². The summed E-state index contributed by atoms with van der Waals surface area (Å²) < 4.78 is 39.4. The smallest absolute Gasteiger partial charge is 0.348 e. The number of benzene rings is 2. The molecule has 1 heterocycles. The van der Waals surface area contributed by atoms with Crippen molar-refractivity contribution in [3.05, 3.63) is 70.8 Å². The van der Waals surface area contributed by atoms with Gasteiger partial charge in [0.25, 0.3) is 5.91 Å². The molecule has 2 N–H and O–H groups in total. The topological polar surface area (TPSA) is 61.4 Å². The van der Waals surface area contributed by atoms with Crippen LogP contribution >= 0.6 is 0 Å². The van der Waals surface area contributed by atoms with Crippen LogP contribution in [0.5, 0.6) is 0 Å². The Hall–Kier alpha value is -3.03. The van der Waals surface area contributed by atoms with Crippen LogP contribution in [0.3, 0.4) is 0 Å². The first-order valence-electron chi connectivity index (χ1n) is 9.79. The molecule has 2 aromatic carbocycles. The van der Waals surface area contributed by atoms with Crippen molar-refractivity contribution in [1.29, 1.82) is 0 Å². The number of amides is 3. The summed E-state index contributed by atoms with van der Waals surface area (Å²) >= 11 is 0. The molecule has 2 aromatic rings. The van der Waals surface area contributed by atoms with Crippen molar-refractivity contribution in [2.45, 2.75) is 31.5 Å². The number of carbonyl (C=O) groups excluding carboxylic acids is 2. The molecule has 0 aromatic heterocycles. The van der Waals surface area contributed by atoms with Crippen LogP contribution in [0.25, 0.3) is 0 Å². The Morgan fingerprint density at radius 3 is 2.63 bits per heavy atom. The number of hydrogen-bond acceptors (Lipinski definition) is 2. The maximum atomic E-state index is 13.1. The molecule has 3 amide bonds. The Balaban J connectivity index is 1.69. The zero-order valence-electron chi connectivity index (χ0n) is 16.6. The summed E-state index contributed by atoms with van der Waals surface area (Å²) in [4.78, 5) is 26.2. The highest BCUT2D eigenvalue weighted by atomic mass is 19.4. The third kappa shape index (κ3) is 5.11. The minimum Gasteiger partial charge on any atom is -0.348 e. The molecule has 8 heteroatoms. The van der Waals surface area contributed by atoms with E-state index in [1.807, 2.05) is 6.07 Å². The van der Waals surface area contributed by atoms with E-state index in [9.17, 15) is 22.8 Å². The van der Waals surface area contributed by atoms with Crippen LogP contribution in [0.15, 0.2) is 48.5 Å². The molecule has 0 spiro atoms. The Morgan fingerprint density at radius 2 is 1.90 bits per heavy atom. The van der Waals surface area contributed by atoms with E-state index in [-0.39, 0.29) is 24.1 Å². The highest BCUT2D eigenvalue weighted by Crippen LogP contribution is 2.32. The average molecular weight is 419 g/mol. The summed E-state index contributed by atoms with van der Waals surface area (Å²) in [6.07, 6.45) is -2.71. The number of nitrogens with one attached hydrogen (secondary N) is 2. The first kappa shape index (κ1) is 21.7. The van der Waals surface area contributed by atoms with E-state index in [4.69, 9.17) is 0 Å². The van der Waals surface area contributed by atoms with Crippen molar-refractivity contribution < 1.29 is 22.8 Å². The van der Waals surface area contributed by atoms with Crippen LogP contribution in [-0.2, 0) is 12.7 Å². The molecular weight excluding hydrogens is 395 g/mol. The normalized spacial score (nSPS) is 16.8. The molecule has 0 unspecified atom stereocenters. The molecular formula is C22H24F3N3O2. The van der Waals surface area contributed by atoms with Gasteiger partial charge >= 0.3 is 12.2 Å². The van der Waals surface area contributed by atoms with E-state index in [1.165, 1.54) is 18.2 Å². The maximum absolute atomic E-state index is 13.1. The van der Waals surface area contributed by atoms with Gasteiger partial charge in [-0.3, -0.25) is 4.79 Å². The molecule has 1 aliphatic heterocycles. The lowest BCUT2D eigenvalue weighted by Crippen LogP contribution is -2.43. The second-order valence-corrected chi connectivity index (χ2v) is 7.30. The van der Waals surface area contributed by atoms with Gasteiger partial charge < -0.3 is 15.5 Å². The lowest BCUT2D eigenvalue weighted by molar-refractivity contribution is -0.138. The van der Waals surface area contributed by atoms with Gasteiger partial charge in [-0.05, 0) is 42.2 Å². The van der Waals surface area contributed by atoms with Gasteiger partial charge in [-0.25, -0.2) is 4.79 Å². The van der Waals surface area contributed by atoms with Gasteiger partial charge in [0.15, 0.2) is 0 Å². The minimum absolute atomic E-state index is 0.0167. The van der Waals surface area contributed by atoms with E-state index in [0.29, 0.717) is 18.7 Å². The number of hydrogen-bond donors (Lipinski definition) is 2. The molecule has 1 aliphatic rings. The average Bonchev–Trinajstić information content (AvgIpc) is 2.76. The quantitative estimate of drug-likeness (QED) is 0.782. The Labute approximate surface area is 173 Å². The lowest BCUT2D eigenvalue weighted by Gasteiger charge is -2.32. The summed E-state index contributed by atoms with van der Waals surface area (Å²) in [6, 6.07) is 12.1. The van der Waals surface area contributed by atoms with E-state index >= 15 is 0 Å². The van der Waals surface area contributed by atoms with E-state index < -0.39 is 17.6 Å². The number of halogens is 3. The van der Waals surface area contributed by atoms with Crippen molar-refractivity contribution in [3.8, 4) is 0 Å². The molecule has 1 atom stereocenters. The van der Waals surface area contributed by atoms with Crippen molar-refractivity contribution in [3.63, 3.8) is 0 Å². The molecule has 5 nitrogen and oxygen atoms in total. The molecule has 0 aliphatic carbocycles. The van der Waals surface area contributed by atoms with E-state index in [0.717, 1.165) is 24.5 Å².